The Morgan fingerprint density at radius 2 is 2.00 bits per heavy atom. The molecular weight excluding hydrogens is 255 g/mol. The van der Waals surface area contributed by atoms with Gasteiger partial charge in [0, 0.05) is 12.6 Å². The Morgan fingerprint density at radius 1 is 1.41 bits per heavy atom. The molecule has 1 rings (SSSR count). The summed E-state index contributed by atoms with van der Waals surface area (Å²) in [4.78, 5) is 12.0. The number of rotatable bonds is 3. The van der Waals surface area contributed by atoms with Gasteiger partial charge in [0.05, 0.1) is 10.7 Å². The lowest BCUT2D eigenvalue weighted by molar-refractivity contribution is -0.119. The smallest absolute Gasteiger partial charge is 0.365 e. The second-order valence-electron chi connectivity index (χ2n) is 3.69. The molecule has 0 saturated heterocycles. The van der Waals surface area contributed by atoms with Crippen LogP contribution in [-0.2, 0) is 0 Å². The van der Waals surface area contributed by atoms with E-state index in [1.54, 1.807) is 0 Å². The zero-order valence-electron chi connectivity index (χ0n) is 9.31. The Kier molecular flexibility index (Phi) is 4.03. The largest absolute Gasteiger partial charge is 0.405 e. The molecule has 1 aromatic rings. The highest BCUT2D eigenvalue weighted by molar-refractivity contribution is 6.33. The summed E-state index contributed by atoms with van der Waals surface area (Å²) in [5.41, 5.74) is 0.619. The first kappa shape index (κ1) is 13.8. The van der Waals surface area contributed by atoms with Crippen molar-refractivity contribution in [3.63, 3.8) is 0 Å². The third kappa shape index (κ3) is 3.93. The summed E-state index contributed by atoms with van der Waals surface area (Å²) in [6.45, 7) is 0.275. The average molecular weight is 266 g/mol. The van der Waals surface area contributed by atoms with E-state index in [1.807, 2.05) is 0 Å². The van der Waals surface area contributed by atoms with Crippen molar-refractivity contribution in [2.45, 2.75) is 13.1 Å². The fourth-order valence-corrected chi connectivity index (χ4v) is 1.71. The van der Waals surface area contributed by atoms with E-state index >= 15 is 0 Å². The highest BCUT2D eigenvalue weighted by Gasteiger charge is 2.30. The van der Waals surface area contributed by atoms with Gasteiger partial charge in [0.2, 0.25) is 0 Å². The number of anilines is 1. The standard InChI is InChI=1S/C11H11ClF3NO/c1-7(17)8-3-4-10(9(12)5-8)16(2)6-11(13,14)15/h3-5H,6H2,1-2H3. The molecule has 0 bridgehead atoms. The van der Waals surface area contributed by atoms with E-state index < -0.39 is 12.7 Å². The van der Waals surface area contributed by atoms with Gasteiger partial charge in [0.1, 0.15) is 6.54 Å². The first-order chi connectivity index (χ1) is 7.70. The molecule has 94 valence electrons. The zero-order chi connectivity index (χ0) is 13.2. The van der Waals surface area contributed by atoms with Crippen LogP contribution in [0.25, 0.3) is 0 Å². The number of nitrogens with zero attached hydrogens (tertiary/aromatic N) is 1. The van der Waals surface area contributed by atoms with Gasteiger partial charge in [-0.05, 0) is 25.1 Å². The summed E-state index contributed by atoms with van der Waals surface area (Å²) in [7, 11) is 1.29. The summed E-state index contributed by atoms with van der Waals surface area (Å²) >= 11 is 5.84. The molecule has 0 fully saturated rings. The number of ketones is 1. The van der Waals surface area contributed by atoms with Crippen LogP contribution in [0.15, 0.2) is 18.2 Å². The average Bonchev–Trinajstić information content (AvgIpc) is 2.14. The minimum atomic E-state index is -4.29. The second kappa shape index (κ2) is 4.96. The highest BCUT2D eigenvalue weighted by atomic mass is 35.5. The third-order valence-electron chi connectivity index (χ3n) is 2.18. The Bertz CT molecular complexity index is 431. The van der Waals surface area contributed by atoms with Crippen LogP contribution in [0, 0.1) is 0 Å². The van der Waals surface area contributed by atoms with Crippen molar-refractivity contribution in [2.24, 2.45) is 0 Å². The predicted octanol–water partition coefficient (Wildman–Crippen LogP) is 3.54. The highest BCUT2D eigenvalue weighted by Crippen LogP contribution is 2.28. The summed E-state index contributed by atoms with van der Waals surface area (Å²) < 4.78 is 36.6. The maximum Gasteiger partial charge on any atom is 0.405 e. The predicted molar refractivity (Wildman–Crippen MR) is 60.8 cm³/mol. The zero-order valence-corrected chi connectivity index (χ0v) is 10.1. The number of hydrogen-bond donors (Lipinski definition) is 0. The van der Waals surface area contributed by atoms with Crippen molar-refractivity contribution >= 4 is 23.1 Å². The number of carbonyl (C=O) groups excluding carboxylic acids is 1. The topological polar surface area (TPSA) is 20.3 Å². The van der Waals surface area contributed by atoms with Crippen molar-refractivity contribution in [2.75, 3.05) is 18.5 Å². The van der Waals surface area contributed by atoms with Crippen molar-refractivity contribution in [3.05, 3.63) is 28.8 Å². The summed E-state index contributed by atoms with van der Waals surface area (Å²) in [5, 5.41) is 0.129. The van der Waals surface area contributed by atoms with Crippen LogP contribution in [0.1, 0.15) is 17.3 Å². The van der Waals surface area contributed by atoms with Crippen LogP contribution in [0.3, 0.4) is 0 Å². The first-order valence-corrected chi connectivity index (χ1v) is 5.17. The Morgan fingerprint density at radius 3 is 2.41 bits per heavy atom. The molecule has 0 amide bonds. The lowest BCUT2D eigenvalue weighted by Gasteiger charge is -2.22. The minimum Gasteiger partial charge on any atom is -0.365 e. The SMILES string of the molecule is CC(=O)c1ccc(N(C)CC(F)(F)F)c(Cl)c1. The molecule has 0 aromatic heterocycles. The molecule has 0 aliphatic carbocycles. The number of hydrogen-bond acceptors (Lipinski definition) is 2. The van der Waals surface area contributed by atoms with Gasteiger partial charge < -0.3 is 4.90 Å². The van der Waals surface area contributed by atoms with Gasteiger partial charge in [-0.1, -0.05) is 11.6 Å². The fourth-order valence-electron chi connectivity index (χ4n) is 1.39. The number of alkyl halides is 3. The molecule has 17 heavy (non-hydrogen) atoms. The Labute approximate surface area is 102 Å². The van der Waals surface area contributed by atoms with Crippen LogP contribution < -0.4 is 4.90 Å². The number of benzene rings is 1. The molecule has 2 nitrogen and oxygen atoms in total. The molecule has 0 unspecified atom stereocenters. The van der Waals surface area contributed by atoms with Crippen LogP contribution in [0.2, 0.25) is 5.02 Å². The maximum atomic E-state index is 12.2. The Hall–Kier alpha value is -1.23. The third-order valence-corrected chi connectivity index (χ3v) is 2.48. The first-order valence-electron chi connectivity index (χ1n) is 4.79. The van der Waals surface area contributed by atoms with Crippen LogP contribution in [0.4, 0.5) is 18.9 Å². The van der Waals surface area contributed by atoms with Gasteiger partial charge in [-0.3, -0.25) is 4.79 Å². The van der Waals surface area contributed by atoms with Crippen molar-refractivity contribution in [1.29, 1.82) is 0 Å². The summed E-state index contributed by atoms with van der Waals surface area (Å²) in [6.07, 6.45) is -4.29. The molecule has 0 atom stereocenters. The van der Waals surface area contributed by atoms with Gasteiger partial charge in [0.15, 0.2) is 5.78 Å². The van der Waals surface area contributed by atoms with Crippen LogP contribution >= 0.6 is 11.6 Å². The lowest BCUT2D eigenvalue weighted by Crippen LogP contribution is -2.31. The normalized spacial score (nSPS) is 11.4. The molecule has 0 aliphatic rings. The van der Waals surface area contributed by atoms with Crippen LogP contribution in [0.5, 0.6) is 0 Å². The van der Waals surface area contributed by atoms with E-state index in [2.05, 4.69) is 0 Å². The molecule has 1 aromatic carbocycles. The fraction of sp³-hybridized carbons (Fsp3) is 0.364. The van der Waals surface area contributed by atoms with Gasteiger partial charge in [0.25, 0.3) is 0 Å². The molecule has 0 aliphatic heterocycles. The van der Waals surface area contributed by atoms with Crippen molar-refractivity contribution in [1.82, 2.24) is 0 Å². The maximum absolute atomic E-state index is 12.2. The molecular formula is C11H11ClF3NO. The van der Waals surface area contributed by atoms with E-state index in [0.717, 1.165) is 4.90 Å². The molecule has 0 N–H and O–H groups in total. The molecule has 0 radical (unpaired) electrons. The quantitative estimate of drug-likeness (QED) is 0.779. The molecule has 0 heterocycles. The van der Waals surface area contributed by atoms with E-state index in [-0.39, 0.29) is 16.5 Å². The minimum absolute atomic E-state index is 0.129. The number of carbonyl (C=O) groups is 1. The van der Waals surface area contributed by atoms with E-state index in [4.69, 9.17) is 11.6 Å². The summed E-state index contributed by atoms with van der Waals surface area (Å²) in [5.74, 6) is -0.183. The van der Waals surface area contributed by atoms with Gasteiger partial charge in [-0.25, -0.2) is 0 Å². The van der Waals surface area contributed by atoms with Gasteiger partial charge in [-0.2, -0.15) is 13.2 Å². The van der Waals surface area contributed by atoms with E-state index in [0.29, 0.717) is 5.56 Å². The lowest BCUT2D eigenvalue weighted by atomic mass is 10.1. The monoisotopic (exact) mass is 265 g/mol. The van der Waals surface area contributed by atoms with Crippen LogP contribution in [-0.4, -0.2) is 25.6 Å². The number of halogens is 4. The van der Waals surface area contributed by atoms with Gasteiger partial charge >= 0.3 is 6.18 Å². The second-order valence-corrected chi connectivity index (χ2v) is 4.10. The van der Waals surface area contributed by atoms with Crippen molar-refractivity contribution in [3.8, 4) is 0 Å². The molecule has 0 spiro atoms. The van der Waals surface area contributed by atoms with E-state index in [9.17, 15) is 18.0 Å². The molecule has 6 heteroatoms. The summed E-state index contributed by atoms with van der Waals surface area (Å²) in [6, 6.07) is 4.23. The Balaban J connectivity index is 2.96. The molecule has 0 saturated carbocycles. The van der Waals surface area contributed by atoms with Crippen molar-refractivity contribution < 1.29 is 18.0 Å². The van der Waals surface area contributed by atoms with Gasteiger partial charge in [-0.15, -0.1) is 0 Å². The number of Topliss-reactive ketones (excluding diaryl/α,β-unsaturated/α-hetero) is 1. The van der Waals surface area contributed by atoms with E-state index in [1.165, 1.54) is 32.2 Å².